The summed E-state index contributed by atoms with van der Waals surface area (Å²) in [4.78, 5) is 0. The van der Waals surface area contributed by atoms with Gasteiger partial charge in [-0.1, -0.05) is 151 Å². The fourth-order valence-electron chi connectivity index (χ4n) is 7.12. The SMILES string of the molecule is [2H]c1c([2H])c([2H])c(-c2cc3oc4c([2H])c(-c5c6ccccc6c(-c6cccc(-c7cccc8ccccc78)c6)c6ccccc56)c([2H])c([2H])c4c3c([2H])c2[2H])c([2H])c1[2H]. The number of benzene rings is 9. The van der Waals surface area contributed by atoms with Crippen LogP contribution in [-0.2, 0) is 0 Å². The van der Waals surface area contributed by atoms with Gasteiger partial charge in [-0.25, -0.2) is 0 Å². The lowest BCUT2D eigenvalue weighted by Gasteiger charge is -2.18. The van der Waals surface area contributed by atoms with Crippen LogP contribution in [0.4, 0.5) is 0 Å². The van der Waals surface area contributed by atoms with Gasteiger partial charge in [0, 0.05) is 10.8 Å². The second-order valence-electron chi connectivity index (χ2n) is 12.1. The average molecular weight is 633 g/mol. The van der Waals surface area contributed by atoms with Crippen molar-refractivity contribution in [3.8, 4) is 44.5 Å². The molecular weight excluding hydrogens is 593 g/mol. The molecule has 0 aliphatic heterocycles. The number of hydrogen-bond donors (Lipinski definition) is 0. The van der Waals surface area contributed by atoms with Gasteiger partial charge in [0.1, 0.15) is 11.2 Å². The molecule has 228 valence electrons. The molecule has 0 atom stereocenters. The van der Waals surface area contributed by atoms with Crippen molar-refractivity contribution >= 4 is 54.3 Å². The maximum absolute atomic E-state index is 9.66. The van der Waals surface area contributed by atoms with Crippen LogP contribution >= 0.6 is 0 Å². The Morgan fingerprint density at radius 1 is 0.367 bits per heavy atom. The van der Waals surface area contributed by atoms with E-state index < -0.39 is 42.3 Å². The van der Waals surface area contributed by atoms with Crippen LogP contribution in [0, 0.1) is 0 Å². The first kappa shape index (κ1) is 19.4. The molecule has 0 radical (unpaired) electrons. The minimum absolute atomic E-state index is 0.00231. The van der Waals surface area contributed by atoms with E-state index in [0.29, 0.717) is 5.56 Å². The molecule has 1 heterocycles. The van der Waals surface area contributed by atoms with Crippen LogP contribution in [0.1, 0.15) is 13.7 Å². The third kappa shape index (κ3) is 4.47. The molecule has 0 spiro atoms. The summed E-state index contributed by atoms with van der Waals surface area (Å²) in [5.74, 6) is 0. The van der Waals surface area contributed by atoms with Crippen LogP contribution in [0.2, 0.25) is 0 Å². The van der Waals surface area contributed by atoms with Crippen molar-refractivity contribution in [2.45, 2.75) is 0 Å². The second kappa shape index (κ2) is 11.1. The van der Waals surface area contributed by atoms with Crippen molar-refractivity contribution in [3.05, 3.63) is 182 Å². The summed E-state index contributed by atoms with van der Waals surface area (Å²) in [5, 5.41) is 5.69. The molecule has 0 bridgehead atoms. The van der Waals surface area contributed by atoms with E-state index in [9.17, 15) is 4.11 Å². The quantitative estimate of drug-likeness (QED) is 0.176. The predicted molar refractivity (Wildman–Crippen MR) is 208 cm³/mol. The molecule has 1 nitrogen and oxygen atoms in total. The van der Waals surface area contributed by atoms with Crippen molar-refractivity contribution in [3.63, 3.8) is 0 Å². The monoisotopic (exact) mass is 632 g/mol. The van der Waals surface area contributed by atoms with Gasteiger partial charge in [0.15, 0.2) is 0 Å². The average Bonchev–Trinajstić information content (AvgIpc) is 3.65. The Bertz CT molecular complexity index is 3370. The van der Waals surface area contributed by atoms with Crippen LogP contribution in [0.5, 0.6) is 0 Å². The predicted octanol–water partition coefficient (Wildman–Crippen LogP) is 13.7. The first-order chi connectivity index (χ1) is 28.5. The highest BCUT2D eigenvalue weighted by Crippen LogP contribution is 2.45. The maximum atomic E-state index is 9.66. The van der Waals surface area contributed by atoms with Crippen LogP contribution in [0.3, 0.4) is 0 Å². The molecular formula is C48H30O. The van der Waals surface area contributed by atoms with Crippen molar-refractivity contribution in [2.24, 2.45) is 0 Å². The van der Waals surface area contributed by atoms with E-state index in [1.54, 1.807) is 0 Å². The molecule has 0 amide bonds. The molecule has 10 rings (SSSR count). The van der Waals surface area contributed by atoms with Gasteiger partial charge in [0.25, 0.3) is 0 Å². The maximum Gasteiger partial charge on any atom is 0.136 e. The molecule has 0 N–H and O–H groups in total. The van der Waals surface area contributed by atoms with Gasteiger partial charge in [-0.3, -0.25) is 0 Å². The Morgan fingerprint density at radius 2 is 0.939 bits per heavy atom. The fraction of sp³-hybridized carbons (Fsp3) is 0. The third-order valence-electron chi connectivity index (χ3n) is 9.29. The Morgan fingerprint density at radius 3 is 1.67 bits per heavy atom. The summed E-state index contributed by atoms with van der Waals surface area (Å²) in [5.41, 5.74) is 4.49. The van der Waals surface area contributed by atoms with Crippen LogP contribution in [0.25, 0.3) is 98.8 Å². The highest BCUT2D eigenvalue weighted by atomic mass is 16.3. The fourth-order valence-corrected chi connectivity index (χ4v) is 7.12. The third-order valence-corrected chi connectivity index (χ3v) is 9.29. The highest BCUT2D eigenvalue weighted by Gasteiger charge is 2.18. The lowest BCUT2D eigenvalue weighted by Crippen LogP contribution is -1.91. The first-order valence-corrected chi connectivity index (χ1v) is 16.0. The molecule has 0 aliphatic rings. The lowest BCUT2D eigenvalue weighted by molar-refractivity contribution is 0.669. The number of fused-ring (bicyclic) bond motifs is 6. The largest absolute Gasteiger partial charge is 0.456 e. The van der Waals surface area contributed by atoms with Gasteiger partial charge in [-0.2, -0.15) is 0 Å². The molecule has 9 aromatic carbocycles. The molecule has 0 saturated carbocycles. The summed E-state index contributed by atoms with van der Waals surface area (Å²) in [6, 6.07) is 35.8. The summed E-state index contributed by atoms with van der Waals surface area (Å²) in [6.07, 6.45) is 0. The number of furan rings is 1. The molecule has 1 heteroatoms. The minimum Gasteiger partial charge on any atom is -0.456 e. The zero-order chi connectivity index (χ0) is 41.0. The Labute approximate surface area is 298 Å². The van der Waals surface area contributed by atoms with Crippen molar-refractivity contribution in [2.75, 3.05) is 0 Å². The van der Waals surface area contributed by atoms with E-state index in [2.05, 4.69) is 54.6 Å². The van der Waals surface area contributed by atoms with Gasteiger partial charge < -0.3 is 4.42 Å². The van der Waals surface area contributed by atoms with E-state index in [-0.39, 0.29) is 56.8 Å². The molecule has 0 fully saturated rings. The zero-order valence-corrected chi connectivity index (χ0v) is 26.0. The lowest BCUT2D eigenvalue weighted by atomic mass is 9.85. The Hall–Kier alpha value is -6.44. The van der Waals surface area contributed by atoms with Gasteiger partial charge in [0.05, 0.1) is 13.7 Å². The highest BCUT2D eigenvalue weighted by molar-refractivity contribution is 6.22. The molecule has 0 aliphatic carbocycles. The van der Waals surface area contributed by atoms with E-state index in [1.807, 2.05) is 60.7 Å². The topological polar surface area (TPSA) is 13.1 Å². The van der Waals surface area contributed by atoms with E-state index in [1.165, 1.54) is 6.07 Å². The van der Waals surface area contributed by atoms with Crippen LogP contribution in [-0.4, -0.2) is 0 Å². The van der Waals surface area contributed by atoms with Crippen molar-refractivity contribution < 1.29 is 18.1 Å². The Balaban J connectivity index is 1.24. The summed E-state index contributed by atoms with van der Waals surface area (Å²) in [6.45, 7) is 0. The zero-order valence-electron chi connectivity index (χ0n) is 36.0. The van der Waals surface area contributed by atoms with Crippen molar-refractivity contribution in [1.29, 1.82) is 0 Å². The van der Waals surface area contributed by atoms with Gasteiger partial charge in [0.2, 0.25) is 0 Å². The molecule has 1 aromatic heterocycles. The van der Waals surface area contributed by atoms with E-state index in [4.69, 9.17) is 14.0 Å². The standard InChI is InChI=1S/C48H30O/c1-2-12-31(13-3-1)33-24-26-39-40-27-25-36(30-46(40)49-45(39)29-33)48-43-21-8-6-19-41(43)47(42-20-7-9-22-44(42)48)35-17-10-16-34(28-35)38-23-11-15-32-14-4-5-18-37(32)38/h1-30H/i1D,2D,3D,12D,13D,24D,25D,26D,27D,30D. The second-order valence-corrected chi connectivity index (χ2v) is 12.1. The summed E-state index contributed by atoms with van der Waals surface area (Å²) < 4.78 is 94.2. The first-order valence-electron chi connectivity index (χ1n) is 21.0. The van der Waals surface area contributed by atoms with Gasteiger partial charge >= 0.3 is 0 Å². The van der Waals surface area contributed by atoms with Crippen molar-refractivity contribution in [1.82, 2.24) is 0 Å². The van der Waals surface area contributed by atoms with Gasteiger partial charge in [-0.05, 0) is 107 Å². The van der Waals surface area contributed by atoms with Crippen LogP contribution in [0.15, 0.2) is 186 Å². The molecule has 0 saturated heterocycles. The Kier molecular flexibility index (Phi) is 4.39. The normalized spacial score (nSPS) is 14.5. The summed E-state index contributed by atoms with van der Waals surface area (Å²) >= 11 is 0. The number of hydrogen-bond acceptors (Lipinski definition) is 1. The van der Waals surface area contributed by atoms with E-state index in [0.717, 1.165) is 54.6 Å². The van der Waals surface area contributed by atoms with Gasteiger partial charge in [-0.15, -0.1) is 0 Å². The van der Waals surface area contributed by atoms with E-state index >= 15 is 0 Å². The molecule has 49 heavy (non-hydrogen) atoms. The minimum atomic E-state index is -0.582. The smallest absolute Gasteiger partial charge is 0.136 e. The molecule has 0 unspecified atom stereocenters. The molecule has 10 aromatic rings. The van der Waals surface area contributed by atoms with Crippen LogP contribution < -0.4 is 0 Å². The number of rotatable bonds is 4. The summed E-state index contributed by atoms with van der Waals surface area (Å²) in [7, 11) is 0.